The van der Waals surface area contributed by atoms with Gasteiger partial charge in [-0.05, 0) is 41.0 Å². The summed E-state index contributed by atoms with van der Waals surface area (Å²) in [6, 6.07) is 10.6. The number of carbonyl (C=O) groups excluding carboxylic acids is 2. The topological polar surface area (TPSA) is 68.3 Å². The molecule has 2 aromatic rings. The summed E-state index contributed by atoms with van der Waals surface area (Å²) in [6.07, 6.45) is 0.495. The summed E-state index contributed by atoms with van der Waals surface area (Å²) in [5, 5.41) is 0. The zero-order valence-electron chi connectivity index (χ0n) is 15.7. The van der Waals surface area contributed by atoms with Crippen LogP contribution in [0.15, 0.2) is 36.4 Å². The molecule has 144 valence electrons. The van der Waals surface area contributed by atoms with Crippen molar-refractivity contribution in [3.63, 3.8) is 0 Å². The van der Waals surface area contributed by atoms with Crippen molar-refractivity contribution in [2.45, 2.75) is 18.5 Å². The van der Waals surface area contributed by atoms with Crippen molar-refractivity contribution in [3.8, 4) is 17.2 Å². The zero-order valence-corrected chi connectivity index (χ0v) is 15.7. The number of likely N-dealkylation sites (N-methyl/N-ethyl adjacent to an activating group) is 1. The second-order valence-corrected chi connectivity index (χ2v) is 7.30. The Morgan fingerprint density at radius 1 is 1.07 bits per heavy atom. The fraction of sp³-hybridized carbons (Fsp3) is 0.333. The van der Waals surface area contributed by atoms with Crippen LogP contribution in [0.3, 0.4) is 0 Å². The minimum Gasteiger partial charge on any atom is -0.497 e. The normalized spacial score (nSPS) is 22.8. The third-order valence-electron chi connectivity index (χ3n) is 5.71. The molecule has 0 spiro atoms. The van der Waals surface area contributed by atoms with Crippen molar-refractivity contribution in [1.29, 1.82) is 0 Å². The van der Waals surface area contributed by atoms with E-state index in [4.69, 9.17) is 14.2 Å². The quantitative estimate of drug-likeness (QED) is 0.794. The molecule has 0 saturated carbocycles. The minimum absolute atomic E-state index is 0.0354. The van der Waals surface area contributed by atoms with Crippen molar-refractivity contribution in [2.75, 3.05) is 27.5 Å². The smallest absolute Gasteiger partial charge is 0.245 e. The van der Waals surface area contributed by atoms with E-state index in [1.165, 1.54) is 4.90 Å². The number of amides is 2. The lowest BCUT2D eigenvalue weighted by Gasteiger charge is -2.47. The first kappa shape index (κ1) is 16.9. The molecular weight excluding hydrogens is 360 g/mol. The van der Waals surface area contributed by atoms with Crippen molar-refractivity contribution in [3.05, 3.63) is 53.1 Å². The van der Waals surface area contributed by atoms with E-state index in [-0.39, 0.29) is 31.2 Å². The van der Waals surface area contributed by atoms with Crippen LogP contribution in [0, 0.1) is 0 Å². The van der Waals surface area contributed by atoms with Gasteiger partial charge in [0.15, 0.2) is 11.5 Å². The van der Waals surface area contributed by atoms with Gasteiger partial charge in [-0.2, -0.15) is 0 Å². The van der Waals surface area contributed by atoms with E-state index < -0.39 is 6.04 Å². The monoisotopic (exact) mass is 380 g/mol. The first-order valence-corrected chi connectivity index (χ1v) is 9.19. The summed E-state index contributed by atoms with van der Waals surface area (Å²) in [7, 11) is 3.30. The van der Waals surface area contributed by atoms with Crippen LogP contribution in [-0.4, -0.2) is 55.2 Å². The van der Waals surface area contributed by atoms with Gasteiger partial charge in [0.05, 0.1) is 19.7 Å². The summed E-state index contributed by atoms with van der Waals surface area (Å²) < 4.78 is 16.4. The first-order valence-electron chi connectivity index (χ1n) is 9.19. The highest BCUT2D eigenvalue weighted by molar-refractivity contribution is 5.96. The number of benzene rings is 2. The first-order chi connectivity index (χ1) is 13.6. The summed E-state index contributed by atoms with van der Waals surface area (Å²) in [4.78, 5) is 29.1. The number of nitrogens with zero attached hydrogens (tertiary/aromatic N) is 2. The molecule has 1 saturated heterocycles. The number of piperazine rings is 1. The molecule has 0 unspecified atom stereocenters. The number of hydrogen-bond donors (Lipinski definition) is 0. The van der Waals surface area contributed by atoms with E-state index in [0.29, 0.717) is 17.9 Å². The van der Waals surface area contributed by atoms with E-state index in [2.05, 4.69) is 0 Å². The number of ether oxygens (including phenoxy) is 3. The molecule has 5 rings (SSSR count). The van der Waals surface area contributed by atoms with Crippen molar-refractivity contribution >= 4 is 11.8 Å². The molecule has 7 heteroatoms. The van der Waals surface area contributed by atoms with Crippen molar-refractivity contribution in [2.24, 2.45) is 0 Å². The third-order valence-corrected chi connectivity index (χ3v) is 5.71. The molecule has 3 aliphatic heterocycles. The Labute approximate surface area is 162 Å². The molecule has 0 aliphatic carbocycles. The minimum atomic E-state index is -0.512. The maximum absolute atomic E-state index is 13.0. The van der Waals surface area contributed by atoms with Crippen LogP contribution < -0.4 is 14.2 Å². The molecule has 3 heterocycles. The molecule has 3 aliphatic rings. The molecule has 0 aromatic heterocycles. The van der Waals surface area contributed by atoms with E-state index in [1.807, 2.05) is 36.4 Å². The highest BCUT2D eigenvalue weighted by Gasteiger charge is 2.46. The summed E-state index contributed by atoms with van der Waals surface area (Å²) >= 11 is 0. The van der Waals surface area contributed by atoms with Gasteiger partial charge in [0.25, 0.3) is 0 Å². The van der Waals surface area contributed by atoms with Gasteiger partial charge in [0, 0.05) is 13.5 Å². The summed E-state index contributed by atoms with van der Waals surface area (Å²) in [5.41, 5.74) is 2.90. The van der Waals surface area contributed by atoms with Gasteiger partial charge in [-0.3, -0.25) is 9.59 Å². The Balaban J connectivity index is 1.69. The zero-order chi connectivity index (χ0) is 19.4. The molecule has 2 amide bonds. The predicted octanol–water partition coefficient (Wildman–Crippen LogP) is 1.74. The Kier molecular flexibility index (Phi) is 3.72. The fourth-order valence-electron chi connectivity index (χ4n) is 4.34. The van der Waals surface area contributed by atoms with E-state index >= 15 is 0 Å². The van der Waals surface area contributed by atoms with Crippen LogP contribution in [0.25, 0.3) is 0 Å². The van der Waals surface area contributed by atoms with Gasteiger partial charge in [-0.15, -0.1) is 0 Å². The van der Waals surface area contributed by atoms with Crippen LogP contribution in [0.4, 0.5) is 0 Å². The Bertz CT molecular complexity index is 989. The number of methoxy groups -OCH3 is 1. The van der Waals surface area contributed by atoms with Gasteiger partial charge in [0.1, 0.15) is 11.8 Å². The highest BCUT2D eigenvalue weighted by Crippen LogP contribution is 2.44. The van der Waals surface area contributed by atoms with E-state index in [1.54, 1.807) is 19.1 Å². The molecule has 1 fully saturated rings. The lowest BCUT2D eigenvalue weighted by molar-refractivity contribution is -0.157. The molecule has 28 heavy (non-hydrogen) atoms. The van der Waals surface area contributed by atoms with Crippen LogP contribution in [-0.2, 0) is 16.0 Å². The lowest BCUT2D eigenvalue weighted by atomic mass is 9.83. The number of carbonyl (C=O) groups is 2. The molecule has 2 atom stereocenters. The van der Waals surface area contributed by atoms with Gasteiger partial charge in [-0.25, -0.2) is 0 Å². The molecule has 0 N–H and O–H groups in total. The van der Waals surface area contributed by atoms with Crippen molar-refractivity contribution in [1.82, 2.24) is 9.80 Å². The van der Waals surface area contributed by atoms with Crippen molar-refractivity contribution < 1.29 is 23.8 Å². The van der Waals surface area contributed by atoms with E-state index in [9.17, 15) is 9.59 Å². The van der Waals surface area contributed by atoms with Gasteiger partial charge in [-0.1, -0.05) is 12.1 Å². The number of rotatable bonds is 2. The molecule has 0 radical (unpaired) electrons. The predicted molar refractivity (Wildman–Crippen MR) is 99.4 cm³/mol. The molecule has 0 bridgehead atoms. The van der Waals surface area contributed by atoms with Crippen LogP contribution in [0.1, 0.15) is 22.7 Å². The standard InChI is InChI=1S/C21H20N2O5/c1-22-10-19(24)23-16(21(22)25)7-12-3-5-14(26-2)9-15(12)20(23)13-4-6-17-18(8-13)28-11-27-17/h3-6,8-9,16,20H,7,10-11H2,1-2H3/t16-,20-/m1/s1. The van der Waals surface area contributed by atoms with Gasteiger partial charge in [0.2, 0.25) is 18.6 Å². The highest BCUT2D eigenvalue weighted by atomic mass is 16.7. The second-order valence-electron chi connectivity index (χ2n) is 7.30. The number of hydrogen-bond acceptors (Lipinski definition) is 5. The van der Waals surface area contributed by atoms with Gasteiger partial charge >= 0.3 is 0 Å². The fourth-order valence-corrected chi connectivity index (χ4v) is 4.34. The molecule has 2 aromatic carbocycles. The summed E-state index contributed by atoms with van der Waals surface area (Å²) in [6.45, 7) is 0.262. The molecule has 7 nitrogen and oxygen atoms in total. The SMILES string of the molecule is COc1ccc2c(c1)[C@@H](c1ccc3c(c1)OCO3)N1C(=O)CN(C)C(=O)[C@H]1C2. The maximum Gasteiger partial charge on any atom is 0.245 e. The number of fused-ring (bicyclic) bond motifs is 3. The second kappa shape index (κ2) is 6.15. The largest absolute Gasteiger partial charge is 0.497 e. The summed E-state index contributed by atoms with van der Waals surface area (Å²) in [5.74, 6) is 1.95. The Morgan fingerprint density at radius 2 is 1.89 bits per heavy atom. The average Bonchev–Trinajstić information content (AvgIpc) is 3.18. The maximum atomic E-state index is 13.0. The van der Waals surface area contributed by atoms with Crippen LogP contribution in [0.2, 0.25) is 0 Å². The lowest BCUT2D eigenvalue weighted by Crippen LogP contribution is -2.62. The third kappa shape index (κ3) is 2.42. The van der Waals surface area contributed by atoms with Gasteiger partial charge < -0.3 is 24.0 Å². The Morgan fingerprint density at radius 3 is 2.71 bits per heavy atom. The van der Waals surface area contributed by atoms with E-state index in [0.717, 1.165) is 22.4 Å². The van der Waals surface area contributed by atoms with Crippen LogP contribution in [0.5, 0.6) is 17.2 Å². The average molecular weight is 380 g/mol. The molecular formula is C21H20N2O5. The van der Waals surface area contributed by atoms with Crippen LogP contribution >= 0.6 is 0 Å². The Hall–Kier alpha value is -3.22.